The highest BCUT2D eigenvalue weighted by Crippen LogP contribution is 2.46. The molecule has 0 aliphatic carbocycles. The minimum atomic E-state index is -3.25. The number of fused-ring (bicyclic) bond motifs is 3. The quantitative estimate of drug-likeness (QED) is 0.696. The van der Waals surface area contributed by atoms with Gasteiger partial charge in [-0.25, -0.2) is 8.42 Å². The van der Waals surface area contributed by atoms with Crippen molar-refractivity contribution in [3.05, 3.63) is 58.5 Å². The van der Waals surface area contributed by atoms with Gasteiger partial charge in [0.1, 0.15) is 0 Å². The average molecular weight is 386 g/mol. The minimum absolute atomic E-state index is 0.0604. The second-order valence-corrected chi connectivity index (χ2v) is 10.1. The zero-order chi connectivity index (χ0) is 17.9. The van der Waals surface area contributed by atoms with Crippen LogP contribution in [0.5, 0.6) is 0 Å². The van der Waals surface area contributed by atoms with E-state index in [1.807, 2.05) is 25.5 Å². The third kappa shape index (κ3) is 2.46. The Hall–Kier alpha value is -1.96. The summed E-state index contributed by atoms with van der Waals surface area (Å²) in [5, 5.41) is 8.11. The molecule has 0 radical (unpaired) electrons. The first-order valence-electron chi connectivity index (χ1n) is 8.62. The van der Waals surface area contributed by atoms with E-state index in [-0.39, 0.29) is 11.2 Å². The molecule has 7 heteroatoms. The largest absolute Gasteiger partial charge is 0.297 e. The molecule has 0 unspecified atom stereocenters. The van der Waals surface area contributed by atoms with E-state index in [1.54, 1.807) is 22.1 Å². The lowest BCUT2D eigenvalue weighted by Gasteiger charge is -2.16. The SMILES string of the molecule is Cn1cc(-c2ccc3c(c2)[C@@H]2CN(Cc4ccsc4)C[C@@H]2S3(=O)=O)cn1. The van der Waals surface area contributed by atoms with Crippen LogP contribution in [0.15, 0.2) is 52.3 Å². The number of sulfone groups is 1. The predicted octanol–water partition coefficient (Wildman–Crippen LogP) is 2.90. The lowest BCUT2D eigenvalue weighted by Crippen LogP contribution is -2.25. The van der Waals surface area contributed by atoms with Gasteiger partial charge in [0, 0.05) is 44.4 Å². The predicted molar refractivity (Wildman–Crippen MR) is 102 cm³/mol. The number of hydrogen-bond acceptors (Lipinski definition) is 5. The van der Waals surface area contributed by atoms with Gasteiger partial charge in [-0.2, -0.15) is 16.4 Å². The molecule has 2 aliphatic heterocycles. The Morgan fingerprint density at radius 3 is 2.85 bits per heavy atom. The van der Waals surface area contributed by atoms with Crippen LogP contribution < -0.4 is 0 Å². The number of hydrogen-bond donors (Lipinski definition) is 0. The summed E-state index contributed by atoms with van der Waals surface area (Å²) in [4.78, 5) is 2.80. The molecule has 1 aromatic carbocycles. The van der Waals surface area contributed by atoms with Crippen molar-refractivity contribution in [3.8, 4) is 11.1 Å². The highest BCUT2D eigenvalue weighted by Gasteiger charge is 2.50. The summed E-state index contributed by atoms with van der Waals surface area (Å²) < 4.78 is 27.8. The topological polar surface area (TPSA) is 55.2 Å². The number of rotatable bonds is 3. The first-order valence-corrected chi connectivity index (χ1v) is 11.1. The lowest BCUT2D eigenvalue weighted by molar-refractivity contribution is 0.326. The third-order valence-corrected chi connectivity index (χ3v) is 8.47. The van der Waals surface area contributed by atoms with E-state index in [4.69, 9.17) is 0 Å². The molecular weight excluding hydrogens is 366 g/mol. The molecule has 134 valence electrons. The highest BCUT2D eigenvalue weighted by molar-refractivity contribution is 7.92. The average Bonchev–Trinajstić information content (AvgIpc) is 3.37. The molecule has 0 amide bonds. The first-order chi connectivity index (χ1) is 12.5. The van der Waals surface area contributed by atoms with Gasteiger partial charge in [0.15, 0.2) is 9.84 Å². The molecule has 0 bridgehead atoms. The van der Waals surface area contributed by atoms with Crippen molar-refractivity contribution in [2.45, 2.75) is 22.6 Å². The van der Waals surface area contributed by atoms with Crippen molar-refractivity contribution >= 4 is 21.2 Å². The van der Waals surface area contributed by atoms with Gasteiger partial charge < -0.3 is 0 Å². The van der Waals surface area contributed by atoms with Crippen LogP contribution in [-0.4, -0.2) is 41.4 Å². The Balaban J connectivity index is 1.50. The number of nitrogens with zero attached hydrogens (tertiary/aromatic N) is 3. The van der Waals surface area contributed by atoms with Crippen molar-refractivity contribution < 1.29 is 8.42 Å². The zero-order valence-corrected chi connectivity index (χ0v) is 16.0. The molecule has 0 saturated carbocycles. The number of thiophene rings is 1. The normalized spacial score (nSPS) is 23.9. The van der Waals surface area contributed by atoms with Gasteiger partial charge in [0.2, 0.25) is 0 Å². The smallest absolute Gasteiger partial charge is 0.183 e. The molecule has 0 N–H and O–H groups in total. The number of benzene rings is 1. The van der Waals surface area contributed by atoms with Crippen LogP contribution in [0, 0.1) is 0 Å². The van der Waals surface area contributed by atoms with E-state index >= 15 is 0 Å². The summed E-state index contributed by atoms with van der Waals surface area (Å²) in [6.07, 6.45) is 3.78. The van der Waals surface area contributed by atoms with Crippen LogP contribution in [-0.2, 0) is 23.4 Å². The van der Waals surface area contributed by atoms with Crippen LogP contribution in [0.25, 0.3) is 11.1 Å². The Bertz CT molecular complexity index is 1070. The summed E-state index contributed by atoms with van der Waals surface area (Å²) in [6, 6.07) is 7.86. The van der Waals surface area contributed by atoms with Crippen LogP contribution >= 0.6 is 11.3 Å². The summed E-state index contributed by atoms with van der Waals surface area (Å²) in [7, 11) is -1.36. The second kappa shape index (κ2) is 5.77. The molecule has 2 aliphatic rings. The Morgan fingerprint density at radius 2 is 2.12 bits per heavy atom. The zero-order valence-electron chi connectivity index (χ0n) is 14.4. The molecule has 3 aromatic rings. The summed E-state index contributed by atoms with van der Waals surface area (Å²) in [6.45, 7) is 2.23. The van der Waals surface area contributed by atoms with Gasteiger partial charge in [0.05, 0.1) is 16.3 Å². The monoisotopic (exact) mass is 385 g/mol. The van der Waals surface area contributed by atoms with Gasteiger partial charge in [-0.05, 0) is 45.6 Å². The van der Waals surface area contributed by atoms with E-state index in [0.29, 0.717) is 11.4 Å². The van der Waals surface area contributed by atoms with Crippen LogP contribution in [0.4, 0.5) is 0 Å². The molecule has 4 heterocycles. The summed E-state index contributed by atoms with van der Waals surface area (Å²) in [5.74, 6) is 0.0604. The van der Waals surface area contributed by atoms with Gasteiger partial charge in [-0.3, -0.25) is 9.58 Å². The summed E-state index contributed by atoms with van der Waals surface area (Å²) >= 11 is 1.68. The fourth-order valence-electron chi connectivity index (χ4n) is 4.25. The van der Waals surface area contributed by atoms with Crippen molar-refractivity contribution in [1.29, 1.82) is 0 Å². The van der Waals surface area contributed by atoms with Crippen molar-refractivity contribution in [3.63, 3.8) is 0 Å². The number of aryl methyl sites for hydroxylation is 1. The van der Waals surface area contributed by atoms with E-state index in [1.165, 1.54) is 5.56 Å². The number of aromatic nitrogens is 2. The molecule has 5 rings (SSSR count). The molecule has 26 heavy (non-hydrogen) atoms. The maximum absolute atomic E-state index is 13.0. The van der Waals surface area contributed by atoms with Crippen LogP contribution in [0.1, 0.15) is 17.0 Å². The fourth-order valence-corrected chi connectivity index (χ4v) is 7.10. The molecule has 1 saturated heterocycles. The van der Waals surface area contributed by atoms with Gasteiger partial charge >= 0.3 is 0 Å². The molecule has 0 spiro atoms. The molecule has 2 atom stereocenters. The van der Waals surface area contributed by atoms with Gasteiger partial charge in [0.25, 0.3) is 0 Å². The molecular formula is C19H19N3O2S2. The van der Waals surface area contributed by atoms with E-state index in [9.17, 15) is 8.42 Å². The Kier molecular flexibility index (Phi) is 3.60. The van der Waals surface area contributed by atoms with E-state index in [2.05, 4.69) is 32.9 Å². The van der Waals surface area contributed by atoms with E-state index < -0.39 is 9.84 Å². The first kappa shape index (κ1) is 16.2. The minimum Gasteiger partial charge on any atom is -0.297 e. The molecule has 2 aromatic heterocycles. The Labute approximate surface area is 156 Å². The van der Waals surface area contributed by atoms with E-state index in [0.717, 1.165) is 29.8 Å². The standard InChI is InChI=1S/C19H19N3O2S2/c1-21-9-15(7-20-21)14-2-3-18-16(6-14)17-10-22(8-13-4-5-25-12-13)11-19(17)26(18,23)24/h2-7,9,12,17,19H,8,10-11H2,1H3/t17-,19-/m0/s1. The number of likely N-dealkylation sites (tertiary alicyclic amines) is 1. The fraction of sp³-hybridized carbons (Fsp3) is 0.316. The van der Waals surface area contributed by atoms with Gasteiger partial charge in [-0.1, -0.05) is 6.07 Å². The maximum atomic E-state index is 13.0. The van der Waals surface area contributed by atoms with Crippen molar-refractivity contribution in [1.82, 2.24) is 14.7 Å². The second-order valence-electron chi connectivity index (χ2n) is 7.17. The van der Waals surface area contributed by atoms with Crippen molar-refractivity contribution in [2.75, 3.05) is 13.1 Å². The Morgan fingerprint density at radius 1 is 1.23 bits per heavy atom. The molecule has 5 nitrogen and oxygen atoms in total. The van der Waals surface area contributed by atoms with Gasteiger partial charge in [-0.15, -0.1) is 0 Å². The molecule has 1 fully saturated rings. The lowest BCUT2D eigenvalue weighted by atomic mass is 9.95. The third-order valence-electron chi connectivity index (χ3n) is 5.48. The van der Waals surface area contributed by atoms with Crippen LogP contribution in [0.3, 0.4) is 0 Å². The van der Waals surface area contributed by atoms with Crippen molar-refractivity contribution in [2.24, 2.45) is 7.05 Å². The maximum Gasteiger partial charge on any atom is 0.183 e. The summed E-state index contributed by atoms with van der Waals surface area (Å²) in [5.41, 5.74) is 4.29. The highest BCUT2D eigenvalue weighted by atomic mass is 32.2. The van der Waals surface area contributed by atoms with Crippen LogP contribution in [0.2, 0.25) is 0 Å².